The van der Waals surface area contributed by atoms with Crippen LogP contribution in [0.3, 0.4) is 0 Å². The monoisotopic (exact) mass is 516 g/mol. The Morgan fingerprint density at radius 2 is 1.02 bits per heavy atom. The van der Waals surface area contributed by atoms with Gasteiger partial charge in [0.05, 0.1) is 11.4 Å². The molecule has 0 saturated carbocycles. The maximum Gasteiger partial charge on any atom is 0.182 e. The van der Waals surface area contributed by atoms with Gasteiger partial charge in [0.1, 0.15) is 11.4 Å². The van der Waals surface area contributed by atoms with Gasteiger partial charge in [0, 0.05) is 27.8 Å². The molecule has 7 rings (SSSR count). The lowest BCUT2D eigenvalue weighted by atomic mass is 9.73. The molecule has 0 atom stereocenters. The van der Waals surface area contributed by atoms with Gasteiger partial charge in [-0.3, -0.25) is 0 Å². The maximum absolute atomic E-state index is 5.10. The Bertz CT molecular complexity index is 1780. The predicted octanol–water partition coefficient (Wildman–Crippen LogP) is 8.98. The molecule has 6 aromatic rings. The van der Waals surface area contributed by atoms with E-state index in [-0.39, 0.29) is 5.41 Å². The van der Waals surface area contributed by atoms with Crippen molar-refractivity contribution in [2.45, 2.75) is 19.3 Å². The van der Waals surface area contributed by atoms with E-state index in [0.717, 1.165) is 33.8 Å². The predicted molar refractivity (Wildman–Crippen MR) is 163 cm³/mol. The van der Waals surface area contributed by atoms with Gasteiger partial charge in [0.2, 0.25) is 0 Å². The van der Waals surface area contributed by atoms with Crippen molar-refractivity contribution in [1.82, 2.24) is 15.2 Å². The van der Waals surface area contributed by atoms with Crippen LogP contribution in [0.1, 0.15) is 25.0 Å². The fraction of sp³-hybridized carbons (Fsp3) is 0.0833. The summed E-state index contributed by atoms with van der Waals surface area (Å²) >= 11 is 0. The molecule has 1 aromatic heterocycles. The summed E-state index contributed by atoms with van der Waals surface area (Å²) in [4.78, 5) is 7.45. The van der Waals surface area contributed by atoms with Crippen LogP contribution in [0.25, 0.3) is 33.9 Å². The minimum absolute atomic E-state index is 0.105. The number of rotatable bonds is 4. The van der Waals surface area contributed by atoms with Crippen LogP contribution in [0.5, 0.6) is 0 Å². The van der Waals surface area contributed by atoms with Gasteiger partial charge in [0.25, 0.3) is 0 Å². The molecule has 0 amide bonds. The van der Waals surface area contributed by atoms with Gasteiger partial charge in [-0.1, -0.05) is 123 Å². The van der Waals surface area contributed by atoms with Gasteiger partial charge in [-0.15, -0.1) is 10.2 Å². The molecule has 0 spiro atoms. The number of aromatic nitrogens is 3. The molecule has 0 bridgehead atoms. The normalized spacial score (nSPS) is 13.4. The van der Waals surface area contributed by atoms with E-state index in [1.165, 1.54) is 22.5 Å². The highest BCUT2D eigenvalue weighted by Crippen LogP contribution is 2.51. The second-order valence-corrected chi connectivity index (χ2v) is 10.6. The van der Waals surface area contributed by atoms with Crippen molar-refractivity contribution in [2.24, 2.45) is 0 Å². The zero-order valence-electron chi connectivity index (χ0n) is 22.5. The second-order valence-electron chi connectivity index (χ2n) is 10.6. The number of hydrogen-bond donors (Lipinski definition) is 0. The molecule has 0 saturated heterocycles. The third kappa shape index (κ3) is 3.97. The molecular formula is C36H28N4. The van der Waals surface area contributed by atoms with Crippen molar-refractivity contribution in [3.05, 3.63) is 145 Å². The molecule has 5 aromatic carbocycles. The second kappa shape index (κ2) is 9.58. The standard InChI is InChI=1S/C36H28N4/c1-36(2)29-20-9-11-22-31(29)40(32-23-12-10-21-30(32)36)28-19-13-18-27(24-28)35-37-33(25-14-5-3-6-15-25)34(38-39-35)26-16-7-4-8-17-26/h3-24H,1-2H3. The fourth-order valence-corrected chi connectivity index (χ4v) is 5.77. The first-order valence-electron chi connectivity index (χ1n) is 13.6. The molecule has 4 heteroatoms. The van der Waals surface area contributed by atoms with Gasteiger partial charge in [-0.2, -0.15) is 0 Å². The number of para-hydroxylation sites is 2. The fourth-order valence-electron chi connectivity index (χ4n) is 5.77. The van der Waals surface area contributed by atoms with Gasteiger partial charge in [0.15, 0.2) is 5.82 Å². The minimum atomic E-state index is -0.105. The van der Waals surface area contributed by atoms with Crippen LogP contribution in [0.4, 0.5) is 17.1 Å². The molecule has 0 unspecified atom stereocenters. The zero-order chi connectivity index (χ0) is 27.1. The van der Waals surface area contributed by atoms with E-state index in [2.05, 4.69) is 109 Å². The van der Waals surface area contributed by atoms with E-state index in [9.17, 15) is 0 Å². The number of hydrogen-bond acceptors (Lipinski definition) is 4. The van der Waals surface area contributed by atoms with Crippen molar-refractivity contribution in [3.63, 3.8) is 0 Å². The summed E-state index contributed by atoms with van der Waals surface area (Å²) in [6.07, 6.45) is 0. The van der Waals surface area contributed by atoms with Gasteiger partial charge in [-0.05, 0) is 35.4 Å². The molecule has 2 heterocycles. The molecule has 4 nitrogen and oxygen atoms in total. The van der Waals surface area contributed by atoms with Gasteiger partial charge >= 0.3 is 0 Å². The van der Waals surface area contributed by atoms with Crippen LogP contribution in [0, 0.1) is 0 Å². The number of benzene rings is 5. The topological polar surface area (TPSA) is 41.9 Å². The van der Waals surface area contributed by atoms with E-state index >= 15 is 0 Å². The highest BCUT2D eigenvalue weighted by atomic mass is 15.2. The van der Waals surface area contributed by atoms with Crippen LogP contribution in [0.15, 0.2) is 133 Å². The average molecular weight is 517 g/mol. The lowest BCUT2D eigenvalue weighted by molar-refractivity contribution is 0.632. The number of nitrogens with zero attached hydrogens (tertiary/aromatic N) is 4. The molecule has 1 aliphatic heterocycles. The van der Waals surface area contributed by atoms with Crippen LogP contribution in [-0.4, -0.2) is 15.2 Å². The van der Waals surface area contributed by atoms with Crippen molar-refractivity contribution >= 4 is 17.1 Å². The van der Waals surface area contributed by atoms with E-state index in [0.29, 0.717) is 5.82 Å². The molecule has 40 heavy (non-hydrogen) atoms. The number of fused-ring (bicyclic) bond motifs is 2. The van der Waals surface area contributed by atoms with Crippen LogP contribution >= 0.6 is 0 Å². The minimum Gasteiger partial charge on any atom is -0.310 e. The van der Waals surface area contributed by atoms with Crippen LogP contribution in [-0.2, 0) is 5.41 Å². The Morgan fingerprint density at radius 1 is 0.500 bits per heavy atom. The van der Waals surface area contributed by atoms with E-state index in [1.54, 1.807) is 0 Å². The zero-order valence-corrected chi connectivity index (χ0v) is 22.5. The molecule has 0 N–H and O–H groups in total. The first-order valence-corrected chi connectivity index (χ1v) is 13.6. The number of anilines is 3. The molecule has 0 radical (unpaired) electrons. The third-order valence-corrected chi connectivity index (χ3v) is 7.78. The highest BCUT2D eigenvalue weighted by molar-refractivity contribution is 5.87. The van der Waals surface area contributed by atoms with Crippen LogP contribution < -0.4 is 4.90 Å². The smallest absolute Gasteiger partial charge is 0.182 e. The third-order valence-electron chi connectivity index (χ3n) is 7.78. The van der Waals surface area contributed by atoms with Crippen molar-refractivity contribution < 1.29 is 0 Å². The van der Waals surface area contributed by atoms with Crippen molar-refractivity contribution in [1.29, 1.82) is 0 Å². The Labute approximate surface area is 234 Å². The summed E-state index contributed by atoms with van der Waals surface area (Å²) in [5, 5.41) is 9.34. The average Bonchev–Trinajstić information content (AvgIpc) is 3.02. The maximum atomic E-state index is 5.10. The molecule has 1 aliphatic rings. The SMILES string of the molecule is CC1(C)c2ccccc2N(c2cccc(-c3nnc(-c4ccccc4)c(-c4ccccc4)n3)c2)c2ccccc21. The van der Waals surface area contributed by atoms with Crippen LogP contribution in [0.2, 0.25) is 0 Å². The summed E-state index contributed by atoms with van der Waals surface area (Å²) in [6, 6.07) is 46.2. The lowest BCUT2D eigenvalue weighted by Crippen LogP contribution is -2.30. The van der Waals surface area contributed by atoms with E-state index in [1.807, 2.05) is 48.5 Å². The highest BCUT2D eigenvalue weighted by Gasteiger charge is 2.36. The Balaban J connectivity index is 1.38. The van der Waals surface area contributed by atoms with Crippen molar-refractivity contribution in [2.75, 3.05) is 4.90 Å². The lowest BCUT2D eigenvalue weighted by Gasteiger charge is -2.42. The quantitative estimate of drug-likeness (QED) is 0.234. The first kappa shape index (κ1) is 24.0. The van der Waals surface area contributed by atoms with Gasteiger partial charge < -0.3 is 4.90 Å². The summed E-state index contributed by atoms with van der Waals surface area (Å²) < 4.78 is 0. The Morgan fingerprint density at radius 3 is 1.65 bits per heavy atom. The molecule has 192 valence electrons. The Kier molecular flexibility index (Phi) is 5.75. The first-order chi connectivity index (χ1) is 19.6. The molecule has 0 aliphatic carbocycles. The largest absolute Gasteiger partial charge is 0.310 e. The Hall–Kier alpha value is -5.09. The van der Waals surface area contributed by atoms with Gasteiger partial charge in [-0.25, -0.2) is 4.98 Å². The van der Waals surface area contributed by atoms with E-state index < -0.39 is 0 Å². The van der Waals surface area contributed by atoms with Crippen molar-refractivity contribution in [3.8, 4) is 33.9 Å². The summed E-state index contributed by atoms with van der Waals surface area (Å²) in [6.45, 7) is 4.61. The summed E-state index contributed by atoms with van der Waals surface area (Å²) in [5.41, 5.74) is 10.4. The molecular weight excluding hydrogens is 488 g/mol. The summed E-state index contributed by atoms with van der Waals surface area (Å²) in [5.74, 6) is 0.597. The van der Waals surface area contributed by atoms with E-state index in [4.69, 9.17) is 10.1 Å². The molecule has 0 fully saturated rings. The summed E-state index contributed by atoms with van der Waals surface area (Å²) in [7, 11) is 0.